The number of hydrogen-bond donors (Lipinski definition) is 1. The summed E-state index contributed by atoms with van der Waals surface area (Å²) in [6.07, 6.45) is 0. The summed E-state index contributed by atoms with van der Waals surface area (Å²) in [5.74, 6) is 0.451. The monoisotopic (exact) mass is 304 g/mol. The average molecular weight is 304 g/mol. The van der Waals surface area contributed by atoms with Crippen LogP contribution in [0.25, 0.3) is 0 Å². The smallest absolute Gasteiger partial charge is 0.142 e. The molecule has 0 fully saturated rings. The van der Waals surface area contributed by atoms with Crippen LogP contribution in [-0.4, -0.2) is 19.1 Å². The summed E-state index contributed by atoms with van der Waals surface area (Å²) in [4.78, 5) is 2.23. The van der Waals surface area contributed by atoms with Crippen molar-refractivity contribution < 1.29 is 9.13 Å². The Hall–Kier alpha value is -2.14. The SMILES string of the molecule is COc1ccccc1N(C)Cc1cc(F)ccc1C(N)=S. The number of hydrogen-bond acceptors (Lipinski definition) is 3. The third-order valence-corrected chi connectivity index (χ3v) is 3.46. The molecule has 0 aromatic heterocycles. The molecule has 0 unspecified atom stereocenters. The van der Waals surface area contributed by atoms with E-state index in [9.17, 15) is 4.39 Å². The highest BCUT2D eigenvalue weighted by atomic mass is 32.1. The summed E-state index contributed by atoms with van der Waals surface area (Å²) in [6.45, 7) is 0.477. The minimum absolute atomic E-state index is 0.262. The summed E-state index contributed by atoms with van der Waals surface area (Å²) in [5, 5.41) is 0. The minimum Gasteiger partial charge on any atom is -0.495 e. The van der Waals surface area contributed by atoms with Crippen molar-refractivity contribution in [2.75, 3.05) is 19.1 Å². The number of para-hydroxylation sites is 2. The van der Waals surface area contributed by atoms with Gasteiger partial charge in [0.15, 0.2) is 0 Å². The lowest BCUT2D eigenvalue weighted by Crippen LogP contribution is -2.21. The van der Waals surface area contributed by atoms with E-state index in [1.54, 1.807) is 13.2 Å². The first-order chi connectivity index (χ1) is 10.0. The molecule has 2 rings (SSSR count). The van der Waals surface area contributed by atoms with Gasteiger partial charge in [0.1, 0.15) is 16.6 Å². The van der Waals surface area contributed by atoms with Gasteiger partial charge in [-0.15, -0.1) is 0 Å². The molecule has 5 heteroatoms. The van der Waals surface area contributed by atoms with Crippen LogP contribution < -0.4 is 15.4 Å². The van der Waals surface area contributed by atoms with Gasteiger partial charge in [-0.3, -0.25) is 0 Å². The molecule has 21 heavy (non-hydrogen) atoms. The lowest BCUT2D eigenvalue weighted by Gasteiger charge is -2.23. The number of halogens is 1. The molecule has 2 aromatic rings. The van der Waals surface area contributed by atoms with Crippen molar-refractivity contribution in [1.29, 1.82) is 0 Å². The number of thiocarbonyl (C=S) groups is 1. The Bertz CT molecular complexity index is 660. The summed E-state index contributed by atoms with van der Waals surface area (Å²) in [7, 11) is 3.53. The molecule has 0 aliphatic carbocycles. The Balaban J connectivity index is 2.33. The molecule has 0 amide bonds. The maximum Gasteiger partial charge on any atom is 0.142 e. The second kappa shape index (κ2) is 6.54. The van der Waals surface area contributed by atoms with Gasteiger partial charge in [-0.1, -0.05) is 24.4 Å². The first kappa shape index (κ1) is 15.3. The van der Waals surface area contributed by atoms with Gasteiger partial charge in [-0.25, -0.2) is 4.39 Å². The van der Waals surface area contributed by atoms with E-state index in [1.807, 2.05) is 36.2 Å². The van der Waals surface area contributed by atoms with Crippen LogP contribution in [0.5, 0.6) is 5.75 Å². The third-order valence-electron chi connectivity index (χ3n) is 3.24. The quantitative estimate of drug-likeness (QED) is 0.862. The summed E-state index contributed by atoms with van der Waals surface area (Å²) in [6, 6.07) is 12.1. The Kier molecular flexibility index (Phi) is 4.75. The Morgan fingerprint density at radius 3 is 2.67 bits per heavy atom. The van der Waals surface area contributed by atoms with Crippen molar-refractivity contribution in [2.24, 2.45) is 5.73 Å². The molecule has 2 N–H and O–H groups in total. The molecule has 2 aromatic carbocycles. The zero-order chi connectivity index (χ0) is 15.4. The number of methoxy groups -OCH3 is 1. The van der Waals surface area contributed by atoms with Crippen LogP contribution in [0.2, 0.25) is 0 Å². The molecular weight excluding hydrogens is 287 g/mol. The fourth-order valence-electron chi connectivity index (χ4n) is 2.22. The van der Waals surface area contributed by atoms with Gasteiger partial charge < -0.3 is 15.4 Å². The molecule has 0 heterocycles. The van der Waals surface area contributed by atoms with Gasteiger partial charge in [0.2, 0.25) is 0 Å². The Labute approximate surface area is 129 Å². The van der Waals surface area contributed by atoms with Crippen molar-refractivity contribution in [1.82, 2.24) is 0 Å². The standard InChI is InChI=1S/C16H17FN2OS/c1-19(14-5-3-4-6-15(14)20-2)10-11-9-12(17)7-8-13(11)16(18)21/h3-9H,10H2,1-2H3,(H2,18,21). The molecule has 0 aliphatic heterocycles. The molecule has 0 spiro atoms. The van der Waals surface area contributed by atoms with Gasteiger partial charge in [0.25, 0.3) is 0 Å². The minimum atomic E-state index is -0.307. The van der Waals surface area contributed by atoms with Crippen LogP contribution >= 0.6 is 12.2 Å². The van der Waals surface area contributed by atoms with Gasteiger partial charge in [0.05, 0.1) is 12.8 Å². The van der Waals surface area contributed by atoms with E-state index in [4.69, 9.17) is 22.7 Å². The van der Waals surface area contributed by atoms with Gasteiger partial charge in [0, 0.05) is 19.2 Å². The van der Waals surface area contributed by atoms with E-state index in [-0.39, 0.29) is 10.8 Å². The first-order valence-corrected chi connectivity index (χ1v) is 6.86. The van der Waals surface area contributed by atoms with E-state index in [1.165, 1.54) is 12.1 Å². The Morgan fingerprint density at radius 1 is 1.29 bits per heavy atom. The number of anilines is 1. The maximum atomic E-state index is 13.5. The zero-order valence-electron chi connectivity index (χ0n) is 12.0. The molecule has 0 saturated heterocycles. The topological polar surface area (TPSA) is 38.5 Å². The summed E-state index contributed by atoms with van der Waals surface area (Å²) < 4.78 is 18.8. The second-order valence-electron chi connectivity index (χ2n) is 4.69. The van der Waals surface area contributed by atoms with Gasteiger partial charge in [-0.2, -0.15) is 0 Å². The van der Waals surface area contributed by atoms with E-state index < -0.39 is 0 Å². The molecule has 0 aliphatic rings. The molecule has 0 saturated carbocycles. The van der Waals surface area contributed by atoms with Crippen molar-refractivity contribution in [3.05, 3.63) is 59.4 Å². The molecule has 0 atom stereocenters. The highest BCUT2D eigenvalue weighted by Gasteiger charge is 2.12. The molecular formula is C16H17FN2OS. The largest absolute Gasteiger partial charge is 0.495 e. The third kappa shape index (κ3) is 3.49. The second-order valence-corrected chi connectivity index (χ2v) is 5.13. The van der Waals surface area contributed by atoms with Gasteiger partial charge in [-0.05, 0) is 35.9 Å². The number of benzene rings is 2. The van der Waals surface area contributed by atoms with E-state index >= 15 is 0 Å². The van der Waals surface area contributed by atoms with Crippen molar-refractivity contribution in [3.63, 3.8) is 0 Å². The van der Waals surface area contributed by atoms with Crippen LogP contribution in [0.4, 0.5) is 10.1 Å². The fraction of sp³-hybridized carbons (Fsp3) is 0.188. The highest BCUT2D eigenvalue weighted by molar-refractivity contribution is 7.80. The van der Waals surface area contributed by atoms with E-state index in [0.29, 0.717) is 12.1 Å². The predicted octanol–water partition coefficient (Wildman–Crippen LogP) is 3.10. The highest BCUT2D eigenvalue weighted by Crippen LogP contribution is 2.28. The lowest BCUT2D eigenvalue weighted by atomic mass is 10.1. The molecule has 0 radical (unpaired) electrons. The van der Waals surface area contributed by atoms with E-state index in [2.05, 4.69) is 0 Å². The van der Waals surface area contributed by atoms with Crippen LogP contribution in [-0.2, 0) is 6.54 Å². The van der Waals surface area contributed by atoms with Crippen molar-refractivity contribution in [2.45, 2.75) is 6.54 Å². The predicted molar refractivity (Wildman–Crippen MR) is 87.4 cm³/mol. The molecule has 3 nitrogen and oxygen atoms in total. The fourth-order valence-corrected chi connectivity index (χ4v) is 2.42. The normalized spacial score (nSPS) is 10.2. The van der Waals surface area contributed by atoms with Crippen molar-refractivity contribution >= 4 is 22.9 Å². The first-order valence-electron chi connectivity index (χ1n) is 6.45. The molecule has 0 bridgehead atoms. The van der Waals surface area contributed by atoms with Crippen LogP contribution in [0.15, 0.2) is 42.5 Å². The van der Waals surface area contributed by atoms with Crippen LogP contribution in [0.1, 0.15) is 11.1 Å². The van der Waals surface area contributed by atoms with Crippen molar-refractivity contribution in [3.8, 4) is 5.75 Å². The van der Waals surface area contributed by atoms with Gasteiger partial charge >= 0.3 is 0 Å². The Morgan fingerprint density at radius 2 is 2.00 bits per heavy atom. The van der Waals surface area contributed by atoms with E-state index in [0.717, 1.165) is 17.0 Å². The molecule has 110 valence electrons. The number of nitrogens with zero attached hydrogens (tertiary/aromatic N) is 1. The van der Waals surface area contributed by atoms with Crippen LogP contribution in [0.3, 0.4) is 0 Å². The zero-order valence-corrected chi connectivity index (χ0v) is 12.8. The number of rotatable bonds is 5. The maximum absolute atomic E-state index is 13.5. The summed E-state index contributed by atoms with van der Waals surface area (Å²) >= 11 is 5.02. The number of nitrogens with two attached hydrogens (primary N) is 1. The van der Waals surface area contributed by atoms with Crippen LogP contribution in [0, 0.1) is 5.82 Å². The average Bonchev–Trinajstić information content (AvgIpc) is 2.46. The lowest BCUT2D eigenvalue weighted by molar-refractivity contribution is 0.415. The number of ether oxygens (including phenoxy) is 1. The summed E-state index contributed by atoms with van der Waals surface area (Å²) in [5.41, 5.74) is 8.05.